The minimum absolute atomic E-state index is 0.145. The summed E-state index contributed by atoms with van der Waals surface area (Å²) in [4.78, 5) is 0. The fourth-order valence-corrected chi connectivity index (χ4v) is 1.39. The van der Waals surface area contributed by atoms with Crippen molar-refractivity contribution in [1.82, 2.24) is 0 Å². The van der Waals surface area contributed by atoms with E-state index in [2.05, 4.69) is 33.0 Å². The van der Waals surface area contributed by atoms with Crippen LogP contribution in [0.3, 0.4) is 0 Å². The Hall–Kier alpha value is 0.0869. The third kappa shape index (κ3) is 3.14. The third-order valence-electron chi connectivity index (χ3n) is 1.38. The lowest BCUT2D eigenvalue weighted by molar-refractivity contribution is 1.06. The van der Waals surface area contributed by atoms with E-state index in [1.165, 1.54) is 0 Å². The van der Waals surface area contributed by atoms with Crippen LogP contribution in [0.1, 0.15) is 20.3 Å². The van der Waals surface area contributed by atoms with E-state index in [0.717, 1.165) is 12.0 Å². The first-order valence-electron chi connectivity index (χ1n) is 3.14. The SMILES string of the molecule is [CH2]CC=[Si](C)C(C)C. The number of rotatable bonds is 2. The van der Waals surface area contributed by atoms with Gasteiger partial charge >= 0.3 is 0 Å². The first-order valence-corrected chi connectivity index (χ1v) is 5.29. The van der Waals surface area contributed by atoms with Crippen molar-refractivity contribution in [3.05, 3.63) is 6.92 Å². The predicted octanol–water partition coefficient (Wildman–Crippen LogP) is 2.13. The van der Waals surface area contributed by atoms with Crippen molar-refractivity contribution in [3.63, 3.8) is 0 Å². The van der Waals surface area contributed by atoms with Crippen LogP contribution in [0.25, 0.3) is 0 Å². The Morgan fingerprint density at radius 1 is 1.62 bits per heavy atom. The number of hydrogen-bond donors (Lipinski definition) is 0. The van der Waals surface area contributed by atoms with Gasteiger partial charge in [-0.25, -0.2) is 0 Å². The van der Waals surface area contributed by atoms with Gasteiger partial charge in [-0.05, 0) is 18.9 Å². The van der Waals surface area contributed by atoms with Gasteiger partial charge in [0.1, 0.15) is 0 Å². The molecule has 0 bridgehead atoms. The molecule has 1 heteroatoms. The summed E-state index contributed by atoms with van der Waals surface area (Å²) in [5, 5.41) is 0. The first-order chi connectivity index (χ1) is 3.68. The fraction of sp³-hybridized carbons (Fsp3) is 0.714. The largest absolute Gasteiger partial charge is 0.104 e. The predicted molar refractivity (Wildman–Crippen MR) is 42.8 cm³/mol. The summed E-state index contributed by atoms with van der Waals surface area (Å²) in [6.45, 7) is 10.7. The van der Waals surface area contributed by atoms with Crippen LogP contribution < -0.4 is 0 Å². The van der Waals surface area contributed by atoms with Crippen LogP contribution in [0.4, 0.5) is 0 Å². The molecular weight excluding hydrogens is 112 g/mol. The van der Waals surface area contributed by atoms with Gasteiger partial charge in [-0.2, -0.15) is 0 Å². The summed E-state index contributed by atoms with van der Waals surface area (Å²) in [7, 11) is -0.145. The Morgan fingerprint density at radius 3 is 2.25 bits per heavy atom. The van der Waals surface area contributed by atoms with Gasteiger partial charge in [0.05, 0.1) is 0 Å². The Morgan fingerprint density at radius 2 is 2.12 bits per heavy atom. The zero-order valence-corrected chi connectivity index (χ0v) is 7.07. The van der Waals surface area contributed by atoms with Gasteiger partial charge in [-0.3, -0.25) is 0 Å². The van der Waals surface area contributed by atoms with Gasteiger partial charge in [0.2, 0.25) is 0 Å². The van der Waals surface area contributed by atoms with Crippen LogP contribution in [0.15, 0.2) is 0 Å². The molecule has 0 spiro atoms. The van der Waals surface area contributed by atoms with Crippen molar-refractivity contribution in [1.29, 1.82) is 0 Å². The van der Waals surface area contributed by atoms with Crippen LogP contribution in [0.5, 0.6) is 0 Å². The van der Waals surface area contributed by atoms with Gasteiger partial charge in [0.15, 0.2) is 0 Å². The molecule has 0 heterocycles. The Kier molecular flexibility index (Phi) is 4.06. The molecule has 0 fully saturated rings. The van der Waals surface area contributed by atoms with Crippen molar-refractivity contribution in [3.8, 4) is 0 Å². The summed E-state index contributed by atoms with van der Waals surface area (Å²) in [5.74, 6) is 0. The zero-order valence-electron chi connectivity index (χ0n) is 6.07. The topological polar surface area (TPSA) is 0 Å². The molecule has 0 aliphatic carbocycles. The molecule has 1 radical (unpaired) electrons. The molecule has 0 amide bonds. The molecule has 0 nitrogen and oxygen atoms in total. The Balaban J connectivity index is 3.61. The molecule has 0 aromatic carbocycles. The maximum atomic E-state index is 3.78. The maximum absolute atomic E-state index is 3.78. The minimum atomic E-state index is -0.145. The highest BCUT2D eigenvalue weighted by Crippen LogP contribution is 1.99. The van der Waals surface area contributed by atoms with Crippen molar-refractivity contribution in [2.45, 2.75) is 32.4 Å². The molecule has 0 aliphatic rings. The van der Waals surface area contributed by atoms with Crippen molar-refractivity contribution in [2.75, 3.05) is 0 Å². The molecule has 0 aromatic rings. The first kappa shape index (κ1) is 8.09. The summed E-state index contributed by atoms with van der Waals surface area (Å²) < 4.78 is 0. The molecule has 47 valence electrons. The van der Waals surface area contributed by atoms with Crippen LogP contribution in [0.2, 0.25) is 12.1 Å². The van der Waals surface area contributed by atoms with Crippen LogP contribution in [-0.4, -0.2) is 14.1 Å². The van der Waals surface area contributed by atoms with E-state index in [9.17, 15) is 0 Å². The Labute approximate surface area is 54.1 Å². The zero-order chi connectivity index (χ0) is 6.57. The normalized spacial score (nSPS) is 12.9. The van der Waals surface area contributed by atoms with E-state index >= 15 is 0 Å². The van der Waals surface area contributed by atoms with Crippen LogP contribution >= 0.6 is 0 Å². The molecule has 0 aromatic heterocycles. The monoisotopic (exact) mass is 127 g/mol. The van der Waals surface area contributed by atoms with E-state index in [-0.39, 0.29) is 8.41 Å². The van der Waals surface area contributed by atoms with Gasteiger partial charge in [-0.15, -0.1) is 5.67 Å². The van der Waals surface area contributed by atoms with Gasteiger partial charge in [-0.1, -0.05) is 20.4 Å². The Bertz CT molecular complexity index is 82.4. The third-order valence-corrected chi connectivity index (χ3v) is 4.13. The van der Waals surface area contributed by atoms with Crippen molar-refractivity contribution < 1.29 is 0 Å². The molecular formula is C7H15Si. The minimum Gasteiger partial charge on any atom is -0.104 e. The highest BCUT2D eigenvalue weighted by Gasteiger charge is 1.93. The second-order valence-electron chi connectivity index (χ2n) is 2.39. The number of hydrogen-bond acceptors (Lipinski definition) is 0. The average Bonchev–Trinajstić information content (AvgIpc) is 1.67. The molecule has 0 unspecified atom stereocenters. The standard InChI is InChI=1S/C7H15Si/c1-5-6-8(4)7(2)3/h6-7H,1,5H2,2-4H3. The summed E-state index contributed by atoms with van der Waals surface area (Å²) in [6, 6.07) is 0. The summed E-state index contributed by atoms with van der Waals surface area (Å²) in [6.07, 6.45) is 1.00. The molecule has 8 heavy (non-hydrogen) atoms. The van der Waals surface area contributed by atoms with E-state index in [0.29, 0.717) is 0 Å². The highest BCUT2D eigenvalue weighted by atomic mass is 28.2. The van der Waals surface area contributed by atoms with E-state index in [1.807, 2.05) is 0 Å². The molecule has 0 aliphatic heterocycles. The smallest absolute Gasteiger partial charge is 0.00475 e. The second-order valence-corrected chi connectivity index (χ2v) is 5.44. The quantitative estimate of drug-likeness (QED) is 0.498. The molecule has 0 N–H and O–H groups in total. The lowest BCUT2D eigenvalue weighted by atomic mass is 10.6. The lowest BCUT2D eigenvalue weighted by Crippen LogP contribution is -2.02. The van der Waals surface area contributed by atoms with Crippen LogP contribution in [0, 0.1) is 6.92 Å². The van der Waals surface area contributed by atoms with Gasteiger partial charge in [0, 0.05) is 8.41 Å². The van der Waals surface area contributed by atoms with E-state index in [4.69, 9.17) is 0 Å². The lowest BCUT2D eigenvalue weighted by Gasteiger charge is -2.00. The summed E-state index contributed by atoms with van der Waals surface area (Å²) >= 11 is 0. The van der Waals surface area contributed by atoms with Gasteiger partial charge < -0.3 is 0 Å². The van der Waals surface area contributed by atoms with E-state index in [1.54, 1.807) is 0 Å². The summed E-state index contributed by atoms with van der Waals surface area (Å²) in [5.41, 5.74) is 3.23. The molecule has 0 saturated carbocycles. The molecule has 0 rings (SSSR count). The fourth-order valence-electron chi connectivity index (χ4n) is 0.463. The average molecular weight is 127 g/mol. The van der Waals surface area contributed by atoms with Crippen molar-refractivity contribution in [2.24, 2.45) is 0 Å². The van der Waals surface area contributed by atoms with Gasteiger partial charge in [0.25, 0.3) is 0 Å². The second kappa shape index (κ2) is 4.01. The maximum Gasteiger partial charge on any atom is 0.00475 e. The highest BCUT2D eigenvalue weighted by molar-refractivity contribution is 6.66. The van der Waals surface area contributed by atoms with Crippen molar-refractivity contribution >= 4 is 14.1 Å². The molecule has 0 atom stereocenters. The van der Waals surface area contributed by atoms with Crippen LogP contribution in [-0.2, 0) is 0 Å². The molecule has 0 saturated heterocycles. The van der Waals surface area contributed by atoms with E-state index < -0.39 is 0 Å².